The largest absolute Gasteiger partial charge is 0.464 e. The monoisotopic (exact) mass is 928 g/mol. The molecule has 1 aromatic heterocycles. The number of aliphatic hydroxyl groups excluding tert-OH is 1. The number of benzene rings is 2. The van der Waals surface area contributed by atoms with E-state index in [1.807, 2.05) is 55.7 Å². The molecule has 18 heteroatoms. The van der Waals surface area contributed by atoms with Gasteiger partial charge in [-0.25, -0.2) is 18.4 Å². The molecule has 3 rings (SSSR count). The standard InChI is InChI=1S/C46H70F2N6O8Si2/c1-46(2,3)42(39-27-33(35-28-34(47)15-16-36(35)48)30-53(39)29-32-13-11-10-12-14-32)54(41(57)31-55)22-19-37(49)43(58)51-21-20-50-40(56)18-17-38(44(59)61-23-25-63(4,5)6)52-45(60)62-24-26-64(7,8)9/h10-16,27-28,30,37-38,42,55H,17-26,29,31,49H2,1-9H3,(H,50,56)(H,51,58)(H,52,60)/q-1/t37-,38-,42-/m0/s1. The van der Waals surface area contributed by atoms with Crippen LogP contribution in [0.3, 0.4) is 0 Å². The van der Waals surface area contributed by atoms with Gasteiger partial charge in [-0.3, -0.25) is 14.4 Å². The summed E-state index contributed by atoms with van der Waals surface area (Å²) >= 11 is 0. The van der Waals surface area contributed by atoms with Gasteiger partial charge in [0.05, 0.1) is 25.3 Å². The Morgan fingerprint density at radius 3 is 2.22 bits per heavy atom. The fraction of sp³-hybridized carbons (Fsp3) is 0.543. The number of nitrogens with one attached hydrogen (secondary N) is 3. The maximum Gasteiger partial charge on any atom is 0.407 e. The van der Waals surface area contributed by atoms with Crippen LogP contribution in [0.4, 0.5) is 13.6 Å². The Hall–Kier alpha value is -4.92. The van der Waals surface area contributed by atoms with Gasteiger partial charge >= 0.3 is 12.1 Å². The lowest BCUT2D eigenvalue weighted by Crippen LogP contribution is -2.48. The molecular weight excluding hydrogens is 859 g/mol. The Labute approximate surface area is 379 Å². The van der Waals surface area contributed by atoms with Crippen molar-refractivity contribution in [1.82, 2.24) is 25.4 Å². The van der Waals surface area contributed by atoms with Crippen LogP contribution in [0, 0.1) is 17.0 Å². The van der Waals surface area contributed by atoms with Crippen LogP contribution < -0.4 is 21.7 Å². The van der Waals surface area contributed by atoms with Crippen LogP contribution in [-0.2, 0) is 35.2 Å². The van der Waals surface area contributed by atoms with E-state index in [1.54, 1.807) is 12.3 Å². The molecular formula is C46H70F2N6O8Si2-. The minimum absolute atomic E-state index is 0.00426. The van der Waals surface area contributed by atoms with Gasteiger partial charge in [0.2, 0.25) is 17.7 Å². The number of ether oxygens (including phenoxy) is 2. The van der Waals surface area contributed by atoms with Crippen LogP contribution in [0.15, 0.2) is 60.8 Å². The van der Waals surface area contributed by atoms with Crippen molar-refractivity contribution in [3.05, 3.63) is 83.7 Å². The summed E-state index contributed by atoms with van der Waals surface area (Å²) in [5.41, 5.74) is 7.64. The van der Waals surface area contributed by atoms with Crippen LogP contribution in [0.2, 0.25) is 51.4 Å². The number of hydrogen-bond acceptors (Lipinski definition) is 9. The van der Waals surface area contributed by atoms with Crippen molar-refractivity contribution in [2.45, 2.75) is 116 Å². The van der Waals surface area contributed by atoms with Gasteiger partial charge in [0.1, 0.15) is 24.3 Å². The molecule has 6 N–H and O–H groups in total. The first-order valence-corrected chi connectivity index (χ1v) is 29.3. The van der Waals surface area contributed by atoms with Gasteiger partial charge in [0.25, 0.3) is 0 Å². The van der Waals surface area contributed by atoms with E-state index in [1.165, 1.54) is 4.90 Å². The Balaban J connectivity index is 1.65. The normalized spacial score (nSPS) is 13.3. The molecule has 3 aromatic rings. The van der Waals surface area contributed by atoms with Crippen molar-refractivity contribution < 1.29 is 47.3 Å². The van der Waals surface area contributed by atoms with Gasteiger partial charge in [-0.2, -0.15) is 19.6 Å². The lowest BCUT2D eigenvalue weighted by Gasteiger charge is -2.41. The summed E-state index contributed by atoms with van der Waals surface area (Å²) < 4.78 is 42.1. The maximum absolute atomic E-state index is 15.1. The van der Waals surface area contributed by atoms with Crippen LogP contribution in [0.25, 0.3) is 11.1 Å². The summed E-state index contributed by atoms with van der Waals surface area (Å²) in [6.45, 7) is 18.7. The van der Waals surface area contributed by atoms with E-state index >= 15 is 4.39 Å². The highest BCUT2D eigenvalue weighted by Gasteiger charge is 2.37. The number of aromatic nitrogens is 1. The number of rotatable bonds is 24. The van der Waals surface area contributed by atoms with E-state index in [4.69, 9.17) is 15.2 Å². The third-order valence-electron chi connectivity index (χ3n) is 10.4. The van der Waals surface area contributed by atoms with Gasteiger partial charge in [-0.1, -0.05) is 70.7 Å². The molecule has 0 aliphatic heterocycles. The SMILES string of the molecule is CC(C)(C)[C@H](c1cc(-c2cc(F)ccc2F)cn1Cc1ccccc1)N(CC[C@H](N)C(=O)NCCNC(=O)CC[C@H](NC(=O)OCC[Si-](C)(C)C)C(=O)OCC[Si](C)(C)C)C(=O)CO. The third kappa shape index (κ3) is 18.3. The smallest absolute Gasteiger partial charge is 0.407 e. The summed E-state index contributed by atoms with van der Waals surface area (Å²) in [5.74, 6) is -3.43. The first-order chi connectivity index (χ1) is 29.9. The zero-order chi connectivity index (χ0) is 47.8. The molecule has 64 heavy (non-hydrogen) atoms. The summed E-state index contributed by atoms with van der Waals surface area (Å²) in [5, 5.41) is 18.1. The molecule has 0 bridgehead atoms. The minimum atomic E-state index is -1.49. The van der Waals surface area contributed by atoms with Gasteiger partial charge in [0, 0.05) is 63.7 Å². The Morgan fingerprint density at radius 1 is 0.922 bits per heavy atom. The first-order valence-electron chi connectivity index (χ1n) is 21.9. The van der Waals surface area contributed by atoms with Crippen molar-refractivity contribution in [3.8, 4) is 11.1 Å². The fourth-order valence-electron chi connectivity index (χ4n) is 6.83. The molecule has 0 spiro atoms. The Bertz CT molecular complexity index is 2020. The van der Waals surface area contributed by atoms with Gasteiger partial charge in [-0.05, 0) is 54.1 Å². The van der Waals surface area contributed by atoms with Crippen molar-refractivity contribution in [3.63, 3.8) is 0 Å². The summed E-state index contributed by atoms with van der Waals surface area (Å²) in [4.78, 5) is 66.5. The van der Waals surface area contributed by atoms with Gasteiger partial charge in [0.15, 0.2) is 0 Å². The molecule has 0 aliphatic rings. The molecule has 2 aromatic carbocycles. The zero-order valence-electron chi connectivity index (χ0n) is 39.0. The number of carbonyl (C=O) groups excluding carboxylic acids is 5. The lowest BCUT2D eigenvalue weighted by atomic mass is 9.82. The lowest BCUT2D eigenvalue weighted by molar-refractivity contribution is -0.145. The molecule has 4 amide bonds. The van der Waals surface area contributed by atoms with Crippen LogP contribution in [0.1, 0.15) is 57.3 Å². The molecule has 0 saturated carbocycles. The van der Waals surface area contributed by atoms with Crippen LogP contribution >= 0.6 is 0 Å². The minimum Gasteiger partial charge on any atom is -0.464 e. The average molecular weight is 929 g/mol. The number of alkyl carbamates (subject to hydrolysis) is 1. The molecule has 0 aliphatic carbocycles. The van der Waals surface area contributed by atoms with Crippen LogP contribution in [-0.4, -0.2) is 112 Å². The Morgan fingerprint density at radius 2 is 1.59 bits per heavy atom. The summed E-state index contributed by atoms with van der Waals surface area (Å²) in [6.07, 6.45) is 0.811. The van der Waals surface area contributed by atoms with E-state index in [0.29, 0.717) is 17.8 Å². The van der Waals surface area contributed by atoms with Crippen LogP contribution in [0.5, 0.6) is 0 Å². The number of nitrogens with zero attached hydrogens (tertiary/aromatic N) is 2. The summed E-state index contributed by atoms with van der Waals surface area (Å²) in [6, 6.07) is 13.1. The molecule has 3 atom stereocenters. The van der Waals surface area contributed by atoms with Crippen molar-refractivity contribution in [1.29, 1.82) is 0 Å². The molecule has 0 unspecified atom stereocenters. The van der Waals surface area contributed by atoms with Crippen molar-refractivity contribution >= 4 is 45.9 Å². The average Bonchev–Trinajstić information content (AvgIpc) is 3.60. The second kappa shape index (κ2) is 24.4. The number of hydrogen-bond donors (Lipinski definition) is 5. The number of esters is 1. The number of halogens is 2. The van der Waals surface area contributed by atoms with Crippen molar-refractivity contribution in [2.75, 3.05) is 39.5 Å². The molecule has 355 valence electrons. The van der Waals surface area contributed by atoms with E-state index in [0.717, 1.165) is 35.9 Å². The number of aliphatic hydroxyl groups is 1. The fourth-order valence-corrected chi connectivity index (χ4v) is 8.26. The second-order valence-corrected chi connectivity index (χ2v) is 30.8. The topological polar surface area (TPSA) is 194 Å². The highest BCUT2D eigenvalue weighted by Crippen LogP contribution is 2.41. The van der Waals surface area contributed by atoms with E-state index in [9.17, 15) is 33.5 Å². The van der Waals surface area contributed by atoms with E-state index in [2.05, 4.69) is 55.2 Å². The predicted molar refractivity (Wildman–Crippen MR) is 250 cm³/mol. The van der Waals surface area contributed by atoms with Gasteiger partial charge in [-0.15, -0.1) is 14.1 Å². The quantitative estimate of drug-likeness (QED) is 0.0382. The number of carbonyl (C=O) groups is 5. The van der Waals surface area contributed by atoms with Crippen molar-refractivity contribution in [2.24, 2.45) is 11.1 Å². The highest BCUT2D eigenvalue weighted by atomic mass is 28.3. The van der Waals surface area contributed by atoms with E-state index in [-0.39, 0.29) is 57.7 Å². The highest BCUT2D eigenvalue weighted by molar-refractivity contribution is 6.76. The number of amides is 4. The second-order valence-electron chi connectivity index (χ2n) is 19.6. The molecule has 0 radical (unpaired) electrons. The third-order valence-corrected chi connectivity index (χ3v) is 13.8. The molecule has 0 fully saturated rings. The maximum atomic E-state index is 15.1. The Kier molecular flexibility index (Phi) is 20.4. The van der Waals surface area contributed by atoms with Gasteiger partial charge < -0.3 is 45.7 Å². The van der Waals surface area contributed by atoms with E-state index < -0.39 is 87.7 Å². The zero-order valence-corrected chi connectivity index (χ0v) is 41.0. The first kappa shape index (κ1) is 53.4. The number of nitrogens with two attached hydrogens (primary N) is 1. The summed E-state index contributed by atoms with van der Waals surface area (Å²) in [7, 11) is -2.96. The molecule has 1 heterocycles. The predicted octanol–water partition coefficient (Wildman–Crippen LogP) is 6.43. The molecule has 0 saturated heterocycles. The molecule has 14 nitrogen and oxygen atoms in total.